The van der Waals surface area contributed by atoms with Gasteiger partial charge in [0.1, 0.15) is 5.82 Å². The number of hydrogen-bond donors (Lipinski definition) is 1. The summed E-state index contributed by atoms with van der Waals surface area (Å²) < 4.78 is 0. The molecule has 1 aliphatic carbocycles. The van der Waals surface area contributed by atoms with Gasteiger partial charge in [0.25, 0.3) is 0 Å². The molecule has 4 rings (SSSR count). The SMILES string of the molecule is CNCc1cnc(N2CC3CCC2C3)c2ccccc12. The lowest BCUT2D eigenvalue weighted by atomic mass is 10.1. The zero-order valence-corrected chi connectivity index (χ0v) is 12.0. The summed E-state index contributed by atoms with van der Waals surface area (Å²) in [4.78, 5) is 7.37. The molecule has 104 valence electrons. The molecule has 2 heterocycles. The highest BCUT2D eigenvalue weighted by atomic mass is 15.2. The molecule has 20 heavy (non-hydrogen) atoms. The molecule has 0 amide bonds. The average molecular weight is 267 g/mol. The van der Waals surface area contributed by atoms with Crippen LogP contribution in [0.4, 0.5) is 5.82 Å². The molecule has 0 radical (unpaired) electrons. The minimum absolute atomic E-state index is 0.728. The van der Waals surface area contributed by atoms with Crippen molar-refractivity contribution < 1.29 is 0 Å². The van der Waals surface area contributed by atoms with E-state index in [0.717, 1.165) is 18.5 Å². The van der Waals surface area contributed by atoms with Gasteiger partial charge in [-0.15, -0.1) is 0 Å². The topological polar surface area (TPSA) is 28.2 Å². The number of fused-ring (bicyclic) bond motifs is 3. The molecule has 3 nitrogen and oxygen atoms in total. The first-order valence-corrected chi connectivity index (χ1v) is 7.64. The van der Waals surface area contributed by atoms with Crippen molar-refractivity contribution in [3.05, 3.63) is 36.0 Å². The molecule has 1 aliphatic heterocycles. The van der Waals surface area contributed by atoms with Crippen molar-refractivity contribution in [2.75, 3.05) is 18.5 Å². The van der Waals surface area contributed by atoms with Gasteiger partial charge in [-0.05, 0) is 43.2 Å². The van der Waals surface area contributed by atoms with Gasteiger partial charge in [0.2, 0.25) is 0 Å². The van der Waals surface area contributed by atoms with Gasteiger partial charge in [0, 0.05) is 30.7 Å². The van der Waals surface area contributed by atoms with Crippen molar-refractivity contribution in [1.82, 2.24) is 10.3 Å². The van der Waals surface area contributed by atoms with E-state index in [1.807, 2.05) is 7.05 Å². The van der Waals surface area contributed by atoms with E-state index in [0.29, 0.717) is 0 Å². The molecule has 3 heteroatoms. The van der Waals surface area contributed by atoms with Gasteiger partial charge in [0.05, 0.1) is 0 Å². The van der Waals surface area contributed by atoms with E-state index >= 15 is 0 Å². The summed E-state index contributed by atoms with van der Waals surface area (Å²) in [5.74, 6) is 2.10. The van der Waals surface area contributed by atoms with Crippen molar-refractivity contribution in [2.24, 2.45) is 5.92 Å². The Bertz CT molecular complexity index is 637. The van der Waals surface area contributed by atoms with Gasteiger partial charge in [-0.2, -0.15) is 0 Å². The van der Waals surface area contributed by atoms with E-state index in [4.69, 9.17) is 4.98 Å². The zero-order chi connectivity index (χ0) is 13.5. The summed E-state index contributed by atoms with van der Waals surface area (Å²) >= 11 is 0. The van der Waals surface area contributed by atoms with Crippen LogP contribution in [0.1, 0.15) is 24.8 Å². The lowest BCUT2D eigenvalue weighted by Crippen LogP contribution is -2.32. The number of anilines is 1. The Kier molecular flexibility index (Phi) is 2.88. The monoisotopic (exact) mass is 267 g/mol. The normalized spacial score (nSPS) is 24.8. The van der Waals surface area contributed by atoms with Crippen molar-refractivity contribution in [3.8, 4) is 0 Å². The van der Waals surface area contributed by atoms with E-state index < -0.39 is 0 Å². The molecule has 2 aromatic rings. The van der Waals surface area contributed by atoms with Crippen LogP contribution in [0.5, 0.6) is 0 Å². The van der Waals surface area contributed by atoms with Crippen molar-refractivity contribution in [1.29, 1.82) is 0 Å². The van der Waals surface area contributed by atoms with Crippen LogP contribution < -0.4 is 10.2 Å². The molecule has 1 aromatic carbocycles. The first-order chi connectivity index (χ1) is 9.86. The predicted molar refractivity (Wildman–Crippen MR) is 83.0 cm³/mol. The number of nitrogens with one attached hydrogen (secondary N) is 1. The summed E-state index contributed by atoms with van der Waals surface area (Å²) in [6.07, 6.45) is 6.18. The smallest absolute Gasteiger partial charge is 0.136 e. The highest BCUT2D eigenvalue weighted by Crippen LogP contribution is 2.41. The number of rotatable bonds is 3. The third-order valence-electron chi connectivity index (χ3n) is 4.91. The van der Waals surface area contributed by atoms with Crippen LogP contribution in [-0.2, 0) is 6.54 Å². The van der Waals surface area contributed by atoms with Gasteiger partial charge in [-0.25, -0.2) is 4.98 Å². The lowest BCUT2D eigenvalue weighted by Gasteiger charge is -2.29. The molecule has 1 saturated heterocycles. The van der Waals surface area contributed by atoms with Crippen LogP contribution in [0.3, 0.4) is 0 Å². The Balaban J connectivity index is 1.82. The molecule has 2 bridgehead atoms. The fourth-order valence-electron chi connectivity index (χ4n) is 3.98. The first-order valence-electron chi connectivity index (χ1n) is 7.64. The third-order valence-corrected chi connectivity index (χ3v) is 4.91. The number of benzene rings is 1. The summed E-state index contributed by atoms with van der Waals surface area (Å²) in [6, 6.07) is 9.43. The molecule has 2 atom stereocenters. The van der Waals surface area contributed by atoms with Crippen LogP contribution in [-0.4, -0.2) is 24.6 Å². The molecular formula is C17H21N3. The minimum atomic E-state index is 0.728. The number of hydrogen-bond acceptors (Lipinski definition) is 3. The van der Waals surface area contributed by atoms with E-state index in [9.17, 15) is 0 Å². The van der Waals surface area contributed by atoms with Crippen molar-refractivity contribution in [3.63, 3.8) is 0 Å². The van der Waals surface area contributed by atoms with E-state index in [2.05, 4.69) is 40.7 Å². The second-order valence-electron chi connectivity index (χ2n) is 6.17. The van der Waals surface area contributed by atoms with E-state index in [-0.39, 0.29) is 0 Å². The molecule has 2 unspecified atom stereocenters. The van der Waals surface area contributed by atoms with Gasteiger partial charge < -0.3 is 10.2 Å². The molecular weight excluding hydrogens is 246 g/mol. The van der Waals surface area contributed by atoms with Gasteiger partial charge >= 0.3 is 0 Å². The molecule has 2 aliphatic rings. The second-order valence-corrected chi connectivity index (χ2v) is 6.17. The van der Waals surface area contributed by atoms with Crippen LogP contribution >= 0.6 is 0 Å². The number of aromatic nitrogens is 1. The Labute approximate surface area is 120 Å². The van der Waals surface area contributed by atoms with Gasteiger partial charge in [-0.3, -0.25) is 0 Å². The second kappa shape index (κ2) is 4.74. The maximum absolute atomic E-state index is 4.81. The van der Waals surface area contributed by atoms with Crippen molar-refractivity contribution >= 4 is 16.6 Å². The van der Waals surface area contributed by atoms with Crippen LogP contribution in [0, 0.1) is 5.92 Å². The number of nitrogens with zero attached hydrogens (tertiary/aromatic N) is 2. The molecule has 0 spiro atoms. The van der Waals surface area contributed by atoms with Gasteiger partial charge in [-0.1, -0.05) is 24.3 Å². The standard InChI is InChI=1S/C17H21N3/c1-18-9-13-10-19-17(16-5-3-2-4-15(13)16)20-11-12-6-7-14(20)8-12/h2-5,10,12,14,18H,6-9,11H2,1H3. The minimum Gasteiger partial charge on any atom is -0.353 e. The summed E-state index contributed by atoms with van der Waals surface area (Å²) in [5, 5.41) is 5.89. The Morgan fingerprint density at radius 3 is 2.80 bits per heavy atom. The van der Waals surface area contributed by atoms with Crippen LogP contribution in [0.15, 0.2) is 30.5 Å². The Morgan fingerprint density at radius 1 is 1.25 bits per heavy atom. The first kappa shape index (κ1) is 12.2. The highest BCUT2D eigenvalue weighted by Gasteiger charge is 2.38. The lowest BCUT2D eigenvalue weighted by molar-refractivity contribution is 0.551. The van der Waals surface area contributed by atoms with E-state index in [1.54, 1.807) is 0 Å². The fourth-order valence-corrected chi connectivity index (χ4v) is 3.98. The zero-order valence-electron chi connectivity index (χ0n) is 12.0. The Hall–Kier alpha value is -1.61. The third kappa shape index (κ3) is 1.80. The molecule has 1 aromatic heterocycles. The van der Waals surface area contributed by atoms with E-state index in [1.165, 1.54) is 48.0 Å². The highest BCUT2D eigenvalue weighted by molar-refractivity contribution is 5.94. The summed E-state index contributed by atoms with van der Waals surface area (Å²) in [6.45, 7) is 2.08. The summed E-state index contributed by atoms with van der Waals surface area (Å²) in [5.41, 5.74) is 1.29. The maximum atomic E-state index is 4.81. The predicted octanol–water partition coefficient (Wildman–Crippen LogP) is 2.94. The summed E-state index contributed by atoms with van der Waals surface area (Å²) in [7, 11) is 1.99. The van der Waals surface area contributed by atoms with Crippen LogP contribution in [0.25, 0.3) is 10.8 Å². The van der Waals surface area contributed by atoms with Crippen molar-refractivity contribution in [2.45, 2.75) is 31.8 Å². The molecule has 1 N–H and O–H groups in total. The quantitative estimate of drug-likeness (QED) is 0.926. The van der Waals surface area contributed by atoms with Gasteiger partial charge in [0.15, 0.2) is 0 Å². The molecule has 2 fully saturated rings. The largest absolute Gasteiger partial charge is 0.353 e. The number of piperidine rings is 1. The maximum Gasteiger partial charge on any atom is 0.136 e. The molecule has 1 saturated carbocycles. The Morgan fingerprint density at radius 2 is 2.10 bits per heavy atom. The fraction of sp³-hybridized carbons (Fsp3) is 0.471. The number of pyridine rings is 1. The van der Waals surface area contributed by atoms with Crippen LogP contribution in [0.2, 0.25) is 0 Å². The average Bonchev–Trinajstić information content (AvgIpc) is 3.11.